The van der Waals surface area contributed by atoms with Gasteiger partial charge in [-0.2, -0.15) is 0 Å². The van der Waals surface area contributed by atoms with Crippen LogP contribution >= 0.6 is 12.4 Å². The van der Waals surface area contributed by atoms with Crippen LogP contribution in [0.4, 0.5) is 13.6 Å². The Labute approximate surface area is 164 Å². The molecule has 0 spiro atoms. The molecule has 0 aromatic heterocycles. The number of halogens is 3. The molecule has 1 atom stereocenters. The molecule has 0 unspecified atom stereocenters. The van der Waals surface area contributed by atoms with Crippen molar-refractivity contribution in [2.45, 2.75) is 45.3 Å². The molecule has 0 radical (unpaired) electrons. The van der Waals surface area contributed by atoms with Gasteiger partial charge in [-0.3, -0.25) is 0 Å². The second-order valence-corrected chi connectivity index (χ2v) is 6.96. The van der Waals surface area contributed by atoms with Crippen LogP contribution in [0.5, 0.6) is 5.75 Å². The second kappa shape index (κ2) is 10.1. The number of carbonyl (C=O) groups is 1. The van der Waals surface area contributed by atoms with E-state index in [-0.39, 0.29) is 29.8 Å². The maximum atomic E-state index is 14.6. The van der Waals surface area contributed by atoms with Crippen LogP contribution in [0.15, 0.2) is 12.1 Å². The molecule has 5 nitrogen and oxygen atoms in total. The highest BCUT2D eigenvalue weighted by Gasteiger charge is 2.27. The van der Waals surface area contributed by atoms with Crippen LogP contribution in [0.1, 0.15) is 38.2 Å². The van der Waals surface area contributed by atoms with Gasteiger partial charge >= 0.3 is 6.09 Å². The van der Waals surface area contributed by atoms with E-state index in [0.717, 1.165) is 25.3 Å². The van der Waals surface area contributed by atoms with Crippen LogP contribution in [-0.2, 0) is 11.3 Å². The fraction of sp³-hybridized carbons (Fsp3) is 0.632. The van der Waals surface area contributed by atoms with E-state index in [4.69, 9.17) is 9.47 Å². The van der Waals surface area contributed by atoms with Crippen LogP contribution in [0, 0.1) is 17.6 Å². The quantitative estimate of drug-likeness (QED) is 0.781. The minimum Gasteiger partial charge on any atom is -0.490 e. The maximum Gasteiger partial charge on any atom is 0.410 e. The molecule has 1 aromatic carbocycles. The molecular weight excluding hydrogens is 378 g/mol. The van der Waals surface area contributed by atoms with Gasteiger partial charge < -0.3 is 19.7 Å². The number of benzene rings is 1. The number of ether oxygens (including phenoxy) is 2. The Kier molecular flexibility index (Phi) is 8.10. The lowest BCUT2D eigenvalue weighted by atomic mass is 9.86. The summed E-state index contributed by atoms with van der Waals surface area (Å²) in [6, 6.07) is 2.48. The molecule has 2 aliphatic rings. The Morgan fingerprint density at radius 2 is 2.11 bits per heavy atom. The average molecular weight is 405 g/mol. The van der Waals surface area contributed by atoms with Crippen LogP contribution in [-0.4, -0.2) is 43.3 Å². The van der Waals surface area contributed by atoms with Crippen LogP contribution in [0.25, 0.3) is 0 Å². The summed E-state index contributed by atoms with van der Waals surface area (Å²) in [6.45, 7) is 3.86. The molecule has 1 saturated carbocycles. The number of piperazine rings is 1. The molecule has 1 aromatic rings. The molecule has 27 heavy (non-hydrogen) atoms. The van der Waals surface area contributed by atoms with E-state index in [1.807, 2.05) is 6.92 Å². The Morgan fingerprint density at radius 3 is 2.78 bits per heavy atom. The third kappa shape index (κ3) is 5.23. The molecule has 8 heteroatoms. The SMILES string of the molecule is CC[C@@H]1CNCCN1C(=O)OCc1c(F)ccc(OCC2CCC2)c1F.Cl. The van der Waals surface area contributed by atoms with Crippen molar-refractivity contribution in [1.29, 1.82) is 0 Å². The van der Waals surface area contributed by atoms with Gasteiger partial charge in [0.15, 0.2) is 11.6 Å². The molecular formula is C19H27ClF2N2O3. The highest BCUT2D eigenvalue weighted by molar-refractivity contribution is 5.85. The van der Waals surface area contributed by atoms with Crippen LogP contribution < -0.4 is 10.1 Å². The fourth-order valence-corrected chi connectivity index (χ4v) is 3.27. The van der Waals surface area contributed by atoms with Gasteiger partial charge in [0.05, 0.1) is 12.2 Å². The van der Waals surface area contributed by atoms with E-state index in [1.165, 1.54) is 12.5 Å². The number of amides is 1. The topological polar surface area (TPSA) is 50.8 Å². The Morgan fingerprint density at radius 1 is 1.33 bits per heavy atom. The molecule has 1 aliphatic heterocycles. The smallest absolute Gasteiger partial charge is 0.410 e. The first-order valence-electron chi connectivity index (χ1n) is 9.34. The first kappa shape index (κ1) is 21.7. The van der Waals surface area contributed by atoms with Crippen molar-refractivity contribution in [3.8, 4) is 5.75 Å². The molecule has 1 saturated heterocycles. The van der Waals surface area contributed by atoms with Crippen molar-refractivity contribution in [3.63, 3.8) is 0 Å². The number of hydrogen-bond acceptors (Lipinski definition) is 4. The second-order valence-electron chi connectivity index (χ2n) is 6.96. The Bertz CT molecular complexity index is 644. The number of carbonyl (C=O) groups excluding carboxylic acids is 1. The Balaban J connectivity index is 0.00000261. The van der Waals surface area contributed by atoms with Gasteiger partial charge in [0.1, 0.15) is 12.4 Å². The van der Waals surface area contributed by atoms with Gasteiger partial charge in [-0.05, 0) is 37.3 Å². The van der Waals surface area contributed by atoms with Crippen LogP contribution in [0.2, 0.25) is 0 Å². The molecule has 1 heterocycles. The lowest BCUT2D eigenvalue weighted by Crippen LogP contribution is -2.53. The van der Waals surface area contributed by atoms with E-state index >= 15 is 0 Å². The Hall–Kier alpha value is -1.60. The van der Waals surface area contributed by atoms with Crippen molar-refractivity contribution in [3.05, 3.63) is 29.3 Å². The van der Waals surface area contributed by atoms with Crippen molar-refractivity contribution in [2.24, 2.45) is 5.92 Å². The molecule has 3 rings (SSSR count). The predicted molar refractivity (Wildman–Crippen MR) is 100 cm³/mol. The number of hydrogen-bond donors (Lipinski definition) is 1. The summed E-state index contributed by atoms with van der Waals surface area (Å²) in [5.74, 6) is -1.07. The minimum atomic E-state index is -0.788. The largest absolute Gasteiger partial charge is 0.490 e. The summed E-state index contributed by atoms with van der Waals surface area (Å²) >= 11 is 0. The normalized spacial score (nSPS) is 19.8. The highest BCUT2D eigenvalue weighted by atomic mass is 35.5. The molecule has 2 fully saturated rings. The van der Waals surface area contributed by atoms with E-state index in [0.29, 0.717) is 32.2 Å². The minimum absolute atomic E-state index is 0. The van der Waals surface area contributed by atoms with Crippen molar-refractivity contribution >= 4 is 18.5 Å². The zero-order chi connectivity index (χ0) is 18.5. The van der Waals surface area contributed by atoms with Crippen molar-refractivity contribution in [1.82, 2.24) is 10.2 Å². The van der Waals surface area contributed by atoms with Gasteiger partial charge in [-0.1, -0.05) is 13.3 Å². The van der Waals surface area contributed by atoms with Gasteiger partial charge in [-0.15, -0.1) is 12.4 Å². The molecule has 1 aliphatic carbocycles. The zero-order valence-corrected chi connectivity index (χ0v) is 16.3. The molecule has 1 N–H and O–H groups in total. The van der Waals surface area contributed by atoms with E-state index in [1.54, 1.807) is 4.90 Å². The molecule has 0 bridgehead atoms. The highest BCUT2D eigenvalue weighted by Crippen LogP contribution is 2.29. The third-order valence-electron chi connectivity index (χ3n) is 5.25. The fourth-order valence-electron chi connectivity index (χ4n) is 3.27. The predicted octanol–water partition coefficient (Wildman–Crippen LogP) is 3.89. The maximum absolute atomic E-state index is 14.6. The zero-order valence-electron chi connectivity index (χ0n) is 15.5. The third-order valence-corrected chi connectivity index (χ3v) is 5.25. The summed E-state index contributed by atoms with van der Waals surface area (Å²) < 4.78 is 39.3. The summed E-state index contributed by atoms with van der Waals surface area (Å²) in [4.78, 5) is 13.9. The standard InChI is InChI=1S/C19H26F2N2O3.ClH/c1-2-14-10-22-8-9-23(14)19(24)26-12-15-16(20)6-7-17(18(15)21)25-11-13-4-3-5-13;/h6-7,13-14,22H,2-5,8-12H2,1H3;1H/t14-;/m1./s1. The molecule has 152 valence electrons. The van der Waals surface area contributed by atoms with Crippen LogP contribution in [0.3, 0.4) is 0 Å². The summed E-state index contributed by atoms with van der Waals surface area (Å²) in [6.07, 6.45) is 3.58. The number of nitrogens with zero attached hydrogens (tertiary/aromatic N) is 1. The van der Waals surface area contributed by atoms with E-state index < -0.39 is 24.3 Å². The average Bonchev–Trinajstić information content (AvgIpc) is 2.61. The first-order chi connectivity index (χ1) is 12.6. The molecule has 1 amide bonds. The number of nitrogens with one attached hydrogen (secondary N) is 1. The van der Waals surface area contributed by atoms with Gasteiger partial charge in [-0.25, -0.2) is 13.6 Å². The first-order valence-corrected chi connectivity index (χ1v) is 9.34. The lowest BCUT2D eigenvalue weighted by Gasteiger charge is -2.34. The van der Waals surface area contributed by atoms with Gasteiger partial charge in [0, 0.05) is 25.7 Å². The van der Waals surface area contributed by atoms with Crippen molar-refractivity contribution in [2.75, 3.05) is 26.2 Å². The van der Waals surface area contributed by atoms with Gasteiger partial charge in [0.25, 0.3) is 0 Å². The van der Waals surface area contributed by atoms with E-state index in [9.17, 15) is 13.6 Å². The van der Waals surface area contributed by atoms with E-state index in [2.05, 4.69) is 5.32 Å². The summed E-state index contributed by atoms with van der Waals surface area (Å²) in [5.41, 5.74) is -0.271. The van der Waals surface area contributed by atoms with Crippen molar-refractivity contribution < 1.29 is 23.0 Å². The lowest BCUT2D eigenvalue weighted by molar-refractivity contribution is 0.0696. The summed E-state index contributed by atoms with van der Waals surface area (Å²) in [5, 5.41) is 3.22. The van der Waals surface area contributed by atoms with Gasteiger partial charge in [0.2, 0.25) is 0 Å². The summed E-state index contributed by atoms with van der Waals surface area (Å²) in [7, 11) is 0. The monoisotopic (exact) mass is 404 g/mol. The number of rotatable bonds is 6.